The first-order chi connectivity index (χ1) is 13.4. The van der Waals surface area contributed by atoms with Crippen molar-refractivity contribution in [2.45, 2.75) is 18.9 Å². The maximum Gasteiger partial charge on any atom is 0.326 e. The Morgan fingerprint density at radius 3 is 2.71 bits per heavy atom. The van der Waals surface area contributed by atoms with Crippen LogP contribution in [0.3, 0.4) is 0 Å². The standard InChI is InChI=1S/C19H24N4O5/c1-27-13-7-8-14-12(10-13)4-2-6-16(14)28-11-17(24)23-15(18(25)26)5-3-9-22-19(20)21/h2,4,6-8,10,15H,3,5,9,11H2,1H3,(H,23,24)(H,25,26)(H4,20,21,22)/t15-/m0/s1. The molecule has 1 atom stereocenters. The van der Waals surface area contributed by atoms with Crippen LogP contribution in [0.15, 0.2) is 41.4 Å². The summed E-state index contributed by atoms with van der Waals surface area (Å²) in [5.74, 6) is -0.477. The molecule has 150 valence electrons. The van der Waals surface area contributed by atoms with E-state index in [1.54, 1.807) is 25.3 Å². The molecule has 0 unspecified atom stereocenters. The number of hydrogen-bond donors (Lipinski definition) is 4. The van der Waals surface area contributed by atoms with Crippen LogP contribution < -0.4 is 26.3 Å². The van der Waals surface area contributed by atoms with E-state index in [1.807, 2.05) is 18.2 Å². The first kappa shape index (κ1) is 20.8. The fourth-order valence-corrected chi connectivity index (χ4v) is 2.63. The van der Waals surface area contributed by atoms with Crippen LogP contribution in [-0.2, 0) is 9.59 Å². The van der Waals surface area contributed by atoms with E-state index in [9.17, 15) is 14.7 Å². The van der Waals surface area contributed by atoms with Crippen molar-refractivity contribution in [3.05, 3.63) is 36.4 Å². The molecule has 9 heteroatoms. The highest BCUT2D eigenvalue weighted by Crippen LogP contribution is 2.28. The van der Waals surface area contributed by atoms with Crippen LogP contribution in [0, 0.1) is 0 Å². The molecular formula is C19H24N4O5. The Hall–Kier alpha value is -3.49. The Kier molecular flexibility index (Phi) is 7.44. The van der Waals surface area contributed by atoms with Gasteiger partial charge in [-0.1, -0.05) is 12.1 Å². The number of nitrogens with zero attached hydrogens (tertiary/aromatic N) is 1. The molecule has 0 aliphatic rings. The fraction of sp³-hybridized carbons (Fsp3) is 0.316. The van der Waals surface area contributed by atoms with Gasteiger partial charge in [0.15, 0.2) is 12.6 Å². The van der Waals surface area contributed by atoms with Gasteiger partial charge in [0, 0.05) is 11.9 Å². The van der Waals surface area contributed by atoms with Crippen molar-refractivity contribution >= 4 is 28.6 Å². The molecule has 0 aliphatic heterocycles. The topological polar surface area (TPSA) is 149 Å². The average Bonchev–Trinajstić information content (AvgIpc) is 2.67. The fourth-order valence-electron chi connectivity index (χ4n) is 2.63. The van der Waals surface area contributed by atoms with Crippen molar-refractivity contribution in [3.8, 4) is 11.5 Å². The summed E-state index contributed by atoms with van der Waals surface area (Å²) < 4.78 is 10.8. The molecular weight excluding hydrogens is 364 g/mol. The smallest absolute Gasteiger partial charge is 0.326 e. The average molecular weight is 388 g/mol. The largest absolute Gasteiger partial charge is 0.497 e. The second-order valence-electron chi connectivity index (χ2n) is 6.04. The molecule has 0 heterocycles. The lowest BCUT2D eigenvalue weighted by Crippen LogP contribution is -2.43. The molecule has 9 nitrogen and oxygen atoms in total. The molecule has 2 aromatic carbocycles. The van der Waals surface area contributed by atoms with Gasteiger partial charge in [0.25, 0.3) is 5.91 Å². The third-order valence-electron chi connectivity index (χ3n) is 3.98. The van der Waals surface area contributed by atoms with E-state index in [4.69, 9.17) is 20.9 Å². The number of ether oxygens (including phenoxy) is 2. The number of guanidine groups is 1. The second kappa shape index (κ2) is 10.0. The van der Waals surface area contributed by atoms with E-state index < -0.39 is 17.9 Å². The molecule has 0 fully saturated rings. The monoisotopic (exact) mass is 388 g/mol. The normalized spacial score (nSPS) is 11.5. The highest BCUT2D eigenvalue weighted by molar-refractivity contribution is 5.90. The summed E-state index contributed by atoms with van der Waals surface area (Å²) in [6.45, 7) is -0.0131. The molecule has 28 heavy (non-hydrogen) atoms. The number of nitrogens with one attached hydrogen (secondary N) is 1. The number of carbonyl (C=O) groups excluding carboxylic acids is 1. The number of aliphatic carboxylic acids is 1. The number of benzene rings is 2. The van der Waals surface area contributed by atoms with Crippen molar-refractivity contribution in [1.29, 1.82) is 0 Å². The summed E-state index contributed by atoms with van der Waals surface area (Å²) in [7, 11) is 1.59. The van der Waals surface area contributed by atoms with Gasteiger partial charge in [-0.05, 0) is 42.5 Å². The van der Waals surface area contributed by atoms with E-state index in [0.717, 1.165) is 10.8 Å². The van der Waals surface area contributed by atoms with E-state index in [-0.39, 0.29) is 25.5 Å². The molecule has 0 aromatic heterocycles. The molecule has 1 amide bonds. The number of aliphatic imine (C=N–C) groups is 1. The van der Waals surface area contributed by atoms with Crippen LogP contribution in [0.2, 0.25) is 0 Å². The van der Waals surface area contributed by atoms with Gasteiger partial charge >= 0.3 is 5.97 Å². The minimum atomic E-state index is -1.13. The van der Waals surface area contributed by atoms with Gasteiger partial charge in [0.1, 0.15) is 17.5 Å². The predicted octanol–water partition coefficient (Wildman–Crippen LogP) is 0.850. The maximum absolute atomic E-state index is 12.1. The van der Waals surface area contributed by atoms with Gasteiger partial charge in [-0.15, -0.1) is 0 Å². The van der Waals surface area contributed by atoms with Crippen LogP contribution >= 0.6 is 0 Å². The van der Waals surface area contributed by atoms with Gasteiger partial charge in [-0.25, -0.2) is 4.79 Å². The number of methoxy groups -OCH3 is 1. The van der Waals surface area contributed by atoms with E-state index in [1.165, 1.54) is 0 Å². The lowest BCUT2D eigenvalue weighted by Gasteiger charge is -2.15. The zero-order chi connectivity index (χ0) is 20.5. The number of nitrogens with two attached hydrogens (primary N) is 2. The summed E-state index contributed by atoms with van der Waals surface area (Å²) in [5, 5.41) is 13.4. The lowest BCUT2D eigenvalue weighted by atomic mass is 10.1. The van der Waals surface area contributed by atoms with Crippen LogP contribution in [-0.4, -0.2) is 49.2 Å². The minimum absolute atomic E-state index is 0.0583. The Morgan fingerprint density at radius 2 is 2.04 bits per heavy atom. The summed E-state index contributed by atoms with van der Waals surface area (Å²) in [4.78, 5) is 27.2. The molecule has 0 saturated heterocycles. The third-order valence-corrected chi connectivity index (χ3v) is 3.98. The zero-order valence-electron chi connectivity index (χ0n) is 15.6. The van der Waals surface area contributed by atoms with Gasteiger partial charge in [-0.2, -0.15) is 0 Å². The summed E-state index contributed by atoms with van der Waals surface area (Å²) >= 11 is 0. The number of carboxylic acids is 1. The molecule has 2 rings (SSSR count). The zero-order valence-corrected chi connectivity index (χ0v) is 15.6. The van der Waals surface area contributed by atoms with Crippen molar-refractivity contribution in [3.63, 3.8) is 0 Å². The number of carboxylic acid groups (broad SMARTS) is 1. The minimum Gasteiger partial charge on any atom is -0.497 e. The quantitative estimate of drug-likeness (QED) is 0.268. The summed E-state index contributed by atoms with van der Waals surface area (Å²) in [5.41, 5.74) is 10.4. The van der Waals surface area contributed by atoms with Gasteiger partial charge in [0.2, 0.25) is 0 Å². The van der Waals surface area contributed by atoms with Crippen LogP contribution in [0.4, 0.5) is 0 Å². The van der Waals surface area contributed by atoms with E-state index >= 15 is 0 Å². The molecule has 6 N–H and O–H groups in total. The second-order valence-corrected chi connectivity index (χ2v) is 6.04. The maximum atomic E-state index is 12.1. The Morgan fingerprint density at radius 1 is 1.25 bits per heavy atom. The van der Waals surface area contributed by atoms with E-state index in [0.29, 0.717) is 17.9 Å². The lowest BCUT2D eigenvalue weighted by molar-refractivity contribution is -0.142. The van der Waals surface area contributed by atoms with Crippen LogP contribution in [0.5, 0.6) is 11.5 Å². The summed E-state index contributed by atoms with van der Waals surface area (Å²) in [6, 6.07) is 9.91. The van der Waals surface area contributed by atoms with Gasteiger partial charge in [-0.3, -0.25) is 9.79 Å². The third kappa shape index (κ3) is 6.04. The highest BCUT2D eigenvalue weighted by Gasteiger charge is 2.19. The SMILES string of the molecule is COc1ccc2c(OCC(=O)N[C@@H](CCCN=C(N)N)C(=O)O)cccc2c1. The first-order valence-corrected chi connectivity index (χ1v) is 8.68. The molecule has 2 aromatic rings. The van der Waals surface area contributed by atoms with Crippen LogP contribution in [0.1, 0.15) is 12.8 Å². The molecule has 0 spiro atoms. The Labute approximate surface area is 162 Å². The number of carbonyl (C=O) groups is 2. The van der Waals surface area contributed by atoms with Crippen molar-refractivity contribution in [2.75, 3.05) is 20.3 Å². The number of rotatable bonds is 10. The molecule has 0 radical (unpaired) electrons. The highest BCUT2D eigenvalue weighted by atomic mass is 16.5. The first-order valence-electron chi connectivity index (χ1n) is 8.68. The molecule has 0 bridgehead atoms. The number of amides is 1. The number of hydrogen-bond acceptors (Lipinski definition) is 5. The van der Waals surface area contributed by atoms with Gasteiger partial charge in [0.05, 0.1) is 7.11 Å². The molecule has 0 aliphatic carbocycles. The van der Waals surface area contributed by atoms with Gasteiger partial charge < -0.3 is 31.4 Å². The van der Waals surface area contributed by atoms with Crippen molar-refractivity contribution in [2.24, 2.45) is 16.5 Å². The predicted molar refractivity (Wildman–Crippen MR) is 105 cm³/mol. The summed E-state index contributed by atoms with van der Waals surface area (Å²) in [6.07, 6.45) is 0.618. The van der Waals surface area contributed by atoms with Crippen LogP contribution in [0.25, 0.3) is 10.8 Å². The van der Waals surface area contributed by atoms with E-state index in [2.05, 4.69) is 10.3 Å². The Bertz CT molecular complexity index is 865. The Balaban J connectivity index is 1.94. The number of fused-ring (bicyclic) bond motifs is 1. The van der Waals surface area contributed by atoms with Crippen molar-refractivity contribution < 1.29 is 24.2 Å². The molecule has 0 saturated carbocycles. The van der Waals surface area contributed by atoms with Crippen molar-refractivity contribution in [1.82, 2.24) is 5.32 Å².